The van der Waals surface area contributed by atoms with Crippen molar-refractivity contribution in [2.45, 2.75) is 25.5 Å². The molecule has 2 rings (SSSR count). The molecule has 1 aliphatic heterocycles. The first-order valence-electron chi connectivity index (χ1n) is 6.57. The Bertz CT molecular complexity index is 425. The number of hydrogen-bond acceptors (Lipinski definition) is 2. The van der Waals surface area contributed by atoms with E-state index < -0.39 is 0 Å². The summed E-state index contributed by atoms with van der Waals surface area (Å²) < 4.78 is 12.8. The van der Waals surface area contributed by atoms with Crippen LogP contribution in [0.2, 0.25) is 0 Å². The molecule has 5 heteroatoms. The molecule has 19 heavy (non-hydrogen) atoms. The molecule has 0 spiro atoms. The van der Waals surface area contributed by atoms with Gasteiger partial charge in [-0.05, 0) is 30.5 Å². The summed E-state index contributed by atoms with van der Waals surface area (Å²) in [4.78, 5) is 6.38. The minimum Gasteiger partial charge on any atom is -0.393 e. The minimum absolute atomic E-state index is 0.188. The van der Waals surface area contributed by atoms with E-state index in [0.29, 0.717) is 6.54 Å². The number of nitrogens with one attached hydrogen (secondary N) is 1. The van der Waals surface area contributed by atoms with Gasteiger partial charge in [-0.3, -0.25) is 4.99 Å². The summed E-state index contributed by atoms with van der Waals surface area (Å²) in [5, 5.41) is 12.8. The minimum atomic E-state index is -0.224. The van der Waals surface area contributed by atoms with E-state index in [1.165, 1.54) is 12.1 Å². The van der Waals surface area contributed by atoms with Crippen molar-refractivity contribution >= 4 is 5.96 Å². The number of aliphatic imine (C=N–C) groups is 1. The molecular weight excluding hydrogens is 245 g/mol. The lowest BCUT2D eigenvalue weighted by atomic mass is 10.1. The molecule has 0 amide bonds. The highest BCUT2D eigenvalue weighted by Gasteiger charge is 2.19. The molecule has 1 aliphatic rings. The molecule has 4 nitrogen and oxygen atoms in total. The third kappa shape index (κ3) is 3.92. The van der Waals surface area contributed by atoms with Crippen LogP contribution >= 0.6 is 0 Å². The van der Waals surface area contributed by atoms with Crippen molar-refractivity contribution in [3.63, 3.8) is 0 Å². The van der Waals surface area contributed by atoms with E-state index in [4.69, 9.17) is 0 Å². The molecule has 104 valence electrons. The predicted molar refractivity (Wildman–Crippen MR) is 73.4 cm³/mol. The molecule has 1 aromatic carbocycles. The van der Waals surface area contributed by atoms with Crippen LogP contribution in [0, 0.1) is 5.82 Å². The molecule has 1 aromatic rings. The smallest absolute Gasteiger partial charge is 0.193 e. The number of likely N-dealkylation sites (tertiary alicyclic amines) is 1. The first-order valence-corrected chi connectivity index (χ1v) is 6.57. The topological polar surface area (TPSA) is 47.9 Å². The highest BCUT2D eigenvalue weighted by atomic mass is 19.1. The SMILES string of the molecule is CN=C(NCc1ccc(F)cc1)N1CCC(O)CC1. The summed E-state index contributed by atoms with van der Waals surface area (Å²) in [6.45, 7) is 2.24. The summed E-state index contributed by atoms with van der Waals surface area (Å²) in [5.74, 6) is 0.606. The van der Waals surface area contributed by atoms with Gasteiger partial charge in [-0.1, -0.05) is 12.1 Å². The van der Waals surface area contributed by atoms with Crippen LogP contribution in [-0.2, 0) is 6.54 Å². The van der Waals surface area contributed by atoms with Gasteiger partial charge in [0.15, 0.2) is 5.96 Å². The molecule has 1 heterocycles. The zero-order valence-electron chi connectivity index (χ0n) is 11.1. The number of aliphatic hydroxyl groups is 1. The Morgan fingerprint density at radius 3 is 2.58 bits per heavy atom. The third-order valence-corrected chi connectivity index (χ3v) is 3.34. The molecule has 0 unspecified atom stereocenters. The van der Waals surface area contributed by atoms with E-state index in [1.54, 1.807) is 19.2 Å². The number of rotatable bonds is 2. The van der Waals surface area contributed by atoms with Crippen molar-refractivity contribution < 1.29 is 9.50 Å². The lowest BCUT2D eigenvalue weighted by Crippen LogP contribution is -2.46. The van der Waals surface area contributed by atoms with Gasteiger partial charge >= 0.3 is 0 Å². The third-order valence-electron chi connectivity index (χ3n) is 3.34. The van der Waals surface area contributed by atoms with Crippen LogP contribution in [0.25, 0.3) is 0 Å². The highest BCUT2D eigenvalue weighted by molar-refractivity contribution is 5.79. The molecule has 0 aromatic heterocycles. The van der Waals surface area contributed by atoms with Crippen molar-refractivity contribution in [3.8, 4) is 0 Å². The monoisotopic (exact) mass is 265 g/mol. The number of piperidine rings is 1. The summed E-state index contributed by atoms with van der Waals surface area (Å²) >= 11 is 0. The van der Waals surface area contributed by atoms with Crippen molar-refractivity contribution in [2.75, 3.05) is 20.1 Å². The number of hydrogen-bond donors (Lipinski definition) is 2. The maximum absolute atomic E-state index is 12.8. The van der Waals surface area contributed by atoms with E-state index in [9.17, 15) is 9.50 Å². The van der Waals surface area contributed by atoms with Crippen LogP contribution in [0.1, 0.15) is 18.4 Å². The van der Waals surface area contributed by atoms with E-state index >= 15 is 0 Å². The average Bonchev–Trinajstić information content (AvgIpc) is 2.43. The Morgan fingerprint density at radius 2 is 2.00 bits per heavy atom. The average molecular weight is 265 g/mol. The van der Waals surface area contributed by atoms with Gasteiger partial charge in [0.25, 0.3) is 0 Å². The van der Waals surface area contributed by atoms with Crippen molar-refractivity contribution in [1.29, 1.82) is 0 Å². The van der Waals surface area contributed by atoms with Crippen molar-refractivity contribution in [2.24, 2.45) is 4.99 Å². The molecule has 2 N–H and O–H groups in total. The molecule has 0 atom stereocenters. The summed E-state index contributed by atoms with van der Waals surface area (Å²) in [7, 11) is 1.75. The van der Waals surface area contributed by atoms with Gasteiger partial charge in [-0.25, -0.2) is 4.39 Å². The van der Waals surface area contributed by atoms with E-state index in [1.807, 2.05) is 0 Å². The highest BCUT2D eigenvalue weighted by Crippen LogP contribution is 2.10. The van der Waals surface area contributed by atoms with Gasteiger partial charge in [0.1, 0.15) is 5.82 Å². The summed E-state index contributed by atoms with van der Waals surface area (Å²) in [6.07, 6.45) is 1.36. The van der Waals surface area contributed by atoms with Crippen LogP contribution in [0.15, 0.2) is 29.3 Å². The van der Waals surface area contributed by atoms with Gasteiger partial charge in [-0.2, -0.15) is 0 Å². The second kappa shape index (κ2) is 6.52. The molecule has 0 radical (unpaired) electrons. The molecule has 1 saturated heterocycles. The van der Waals surface area contributed by atoms with Gasteiger partial charge in [-0.15, -0.1) is 0 Å². The Balaban J connectivity index is 1.87. The second-order valence-electron chi connectivity index (χ2n) is 4.75. The lowest BCUT2D eigenvalue weighted by Gasteiger charge is -2.32. The van der Waals surface area contributed by atoms with Crippen LogP contribution in [0.5, 0.6) is 0 Å². The van der Waals surface area contributed by atoms with Gasteiger partial charge in [0.2, 0.25) is 0 Å². The number of halogens is 1. The Hall–Kier alpha value is -1.62. The fourth-order valence-electron chi connectivity index (χ4n) is 2.19. The normalized spacial score (nSPS) is 17.6. The zero-order valence-corrected chi connectivity index (χ0v) is 11.1. The predicted octanol–water partition coefficient (Wildman–Crippen LogP) is 1.36. The lowest BCUT2D eigenvalue weighted by molar-refractivity contribution is 0.108. The van der Waals surface area contributed by atoms with Crippen molar-refractivity contribution in [3.05, 3.63) is 35.6 Å². The largest absolute Gasteiger partial charge is 0.393 e. The Labute approximate surface area is 113 Å². The maximum Gasteiger partial charge on any atom is 0.193 e. The maximum atomic E-state index is 12.8. The molecular formula is C14H20FN3O. The van der Waals surface area contributed by atoms with Gasteiger partial charge in [0.05, 0.1) is 6.10 Å². The molecule has 0 saturated carbocycles. The summed E-state index contributed by atoms with van der Waals surface area (Å²) in [6, 6.07) is 6.43. The number of guanidine groups is 1. The van der Waals surface area contributed by atoms with Crippen LogP contribution in [0.3, 0.4) is 0 Å². The number of aliphatic hydroxyl groups excluding tert-OH is 1. The van der Waals surface area contributed by atoms with E-state index in [2.05, 4.69) is 15.2 Å². The van der Waals surface area contributed by atoms with Crippen LogP contribution in [-0.4, -0.2) is 42.2 Å². The van der Waals surface area contributed by atoms with E-state index in [0.717, 1.165) is 37.5 Å². The summed E-state index contributed by atoms with van der Waals surface area (Å²) in [5.41, 5.74) is 1.01. The number of benzene rings is 1. The first-order chi connectivity index (χ1) is 9.19. The van der Waals surface area contributed by atoms with E-state index in [-0.39, 0.29) is 11.9 Å². The molecule has 0 aliphatic carbocycles. The standard InChI is InChI=1S/C14H20FN3O/c1-16-14(18-8-6-13(19)7-9-18)17-10-11-2-4-12(15)5-3-11/h2-5,13,19H,6-10H2,1H3,(H,16,17). The fourth-order valence-corrected chi connectivity index (χ4v) is 2.19. The Morgan fingerprint density at radius 1 is 1.37 bits per heavy atom. The van der Waals surface area contributed by atoms with Crippen LogP contribution in [0.4, 0.5) is 4.39 Å². The van der Waals surface area contributed by atoms with Gasteiger partial charge in [0, 0.05) is 26.7 Å². The fraction of sp³-hybridized carbons (Fsp3) is 0.500. The Kier molecular flexibility index (Phi) is 4.74. The number of nitrogens with zero attached hydrogens (tertiary/aromatic N) is 2. The molecule has 1 fully saturated rings. The first kappa shape index (κ1) is 13.8. The quantitative estimate of drug-likeness (QED) is 0.627. The van der Waals surface area contributed by atoms with Gasteiger partial charge < -0.3 is 15.3 Å². The van der Waals surface area contributed by atoms with Crippen molar-refractivity contribution in [1.82, 2.24) is 10.2 Å². The zero-order chi connectivity index (χ0) is 13.7. The molecule has 0 bridgehead atoms. The second-order valence-corrected chi connectivity index (χ2v) is 4.75. The van der Waals surface area contributed by atoms with Crippen LogP contribution < -0.4 is 5.32 Å².